The molecule has 0 saturated carbocycles. The van der Waals surface area contributed by atoms with Gasteiger partial charge in [0.05, 0.1) is 24.0 Å². The highest BCUT2D eigenvalue weighted by atomic mass is 16.5. The fourth-order valence-corrected chi connectivity index (χ4v) is 4.19. The fraction of sp³-hybridized carbons (Fsp3) is 0.480. The first-order chi connectivity index (χ1) is 15.4. The summed E-state index contributed by atoms with van der Waals surface area (Å²) in [5.74, 6) is 0.320. The van der Waals surface area contributed by atoms with Crippen molar-refractivity contribution in [2.45, 2.75) is 52.4 Å². The fourth-order valence-electron chi connectivity index (χ4n) is 4.19. The van der Waals surface area contributed by atoms with Crippen molar-refractivity contribution in [3.8, 4) is 5.75 Å². The highest BCUT2D eigenvalue weighted by molar-refractivity contribution is 6.04. The number of benzene rings is 1. The molecule has 1 aromatic carbocycles. The molecule has 32 heavy (non-hydrogen) atoms. The third-order valence-electron chi connectivity index (χ3n) is 5.95. The lowest BCUT2D eigenvalue weighted by atomic mass is 10.0. The SMILES string of the molecule is Cc1ccc2c(c1)N(CC(=O)N(Cc1ccccn1)C[C@@H]1CCCO1)C(=O)[C@H](C(C)C)O2. The summed E-state index contributed by atoms with van der Waals surface area (Å²) in [7, 11) is 0. The first-order valence-corrected chi connectivity index (χ1v) is 11.3. The van der Waals surface area contributed by atoms with E-state index >= 15 is 0 Å². The molecule has 0 aliphatic carbocycles. The zero-order valence-electron chi connectivity index (χ0n) is 19.0. The monoisotopic (exact) mass is 437 g/mol. The predicted molar refractivity (Wildman–Crippen MR) is 121 cm³/mol. The maximum atomic E-state index is 13.5. The van der Waals surface area contributed by atoms with Crippen LogP contribution in [-0.4, -0.2) is 53.6 Å². The van der Waals surface area contributed by atoms with E-state index in [1.165, 1.54) is 0 Å². The third kappa shape index (κ3) is 4.93. The van der Waals surface area contributed by atoms with Gasteiger partial charge in [0.15, 0.2) is 6.10 Å². The van der Waals surface area contributed by atoms with Gasteiger partial charge in [0.2, 0.25) is 5.91 Å². The number of amides is 2. The van der Waals surface area contributed by atoms with Gasteiger partial charge < -0.3 is 14.4 Å². The Morgan fingerprint density at radius 1 is 1.28 bits per heavy atom. The van der Waals surface area contributed by atoms with Crippen LogP contribution in [0.1, 0.15) is 37.9 Å². The Bertz CT molecular complexity index is 957. The van der Waals surface area contributed by atoms with Crippen molar-refractivity contribution in [2.75, 3.05) is 24.6 Å². The van der Waals surface area contributed by atoms with E-state index in [0.29, 0.717) is 24.5 Å². The van der Waals surface area contributed by atoms with E-state index in [1.54, 1.807) is 16.0 Å². The van der Waals surface area contributed by atoms with Crippen LogP contribution in [0.4, 0.5) is 5.69 Å². The Kier molecular flexibility index (Phi) is 6.74. The van der Waals surface area contributed by atoms with Gasteiger partial charge in [0, 0.05) is 19.3 Å². The van der Waals surface area contributed by atoms with Crippen LogP contribution >= 0.6 is 0 Å². The summed E-state index contributed by atoms with van der Waals surface area (Å²) >= 11 is 0. The van der Waals surface area contributed by atoms with Crippen LogP contribution in [0, 0.1) is 12.8 Å². The van der Waals surface area contributed by atoms with E-state index in [0.717, 1.165) is 30.7 Å². The number of rotatable bonds is 7. The molecule has 0 unspecified atom stereocenters. The Hall–Kier alpha value is -2.93. The third-order valence-corrected chi connectivity index (χ3v) is 5.95. The number of aromatic nitrogens is 1. The van der Waals surface area contributed by atoms with Gasteiger partial charge in [-0.3, -0.25) is 19.5 Å². The maximum absolute atomic E-state index is 13.5. The average molecular weight is 438 g/mol. The number of hydrogen-bond acceptors (Lipinski definition) is 5. The van der Waals surface area contributed by atoms with Crippen LogP contribution in [0.15, 0.2) is 42.6 Å². The van der Waals surface area contributed by atoms with Crippen molar-refractivity contribution in [2.24, 2.45) is 5.92 Å². The number of carbonyl (C=O) groups excluding carboxylic acids is 2. The zero-order valence-corrected chi connectivity index (χ0v) is 19.0. The number of anilines is 1. The summed E-state index contributed by atoms with van der Waals surface area (Å²) in [6.45, 7) is 7.42. The molecule has 2 amide bonds. The molecule has 7 heteroatoms. The quantitative estimate of drug-likeness (QED) is 0.664. The van der Waals surface area contributed by atoms with Crippen LogP contribution < -0.4 is 9.64 Å². The summed E-state index contributed by atoms with van der Waals surface area (Å²) in [5, 5.41) is 0. The molecule has 0 spiro atoms. The molecule has 2 aromatic rings. The largest absolute Gasteiger partial charge is 0.478 e. The molecule has 1 aromatic heterocycles. The molecule has 0 radical (unpaired) electrons. The molecule has 0 N–H and O–H groups in total. The van der Waals surface area contributed by atoms with E-state index < -0.39 is 6.10 Å². The van der Waals surface area contributed by atoms with Gasteiger partial charge in [0.25, 0.3) is 5.91 Å². The number of ether oxygens (including phenoxy) is 2. The highest BCUT2D eigenvalue weighted by Crippen LogP contribution is 2.36. The molecule has 3 heterocycles. The lowest BCUT2D eigenvalue weighted by Gasteiger charge is -2.37. The Morgan fingerprint density at radius 3 is 2.81 bits per heavy atom. The standard InChI is InChI=1S/C25H31N3O4/c1-17(2)24-25(30)28(21-13-18(3)9-10-22(21)32-24)16-23(29)27(15-20-8-6-12-31-20)14-19-7-4-5-11-26-19/h4-5,7,9-11,13,17,20,24H,6,8,12,14-16H2,1-3H3/t20-,24-/m0/s1. The van der Waals surface area contributed by atoms with Gasteiger partial charge in [-0.05, 0) is 55.5 Å². The molecular formula is C25H31N3O4. The van der Waals surface area contributed by atoms with Crippen LogP contribution in [0.2, 0.25) is 0 Å². The van der Waals surface area contributed by atoms with E-state index in [1.807, 2.05) is 57.2 Å². The number of carbonyl (C=O) groups is 2. The molecule has 2 atom stereocenters. The number of hydrogen-bond donors (Lipinski definition) is 0. The summed E-state index contributed by atoms with van der Waals surface area (Å²) in [5.41, 5.74) is 2.46. The first-order valence-electron chi connectivity index (χ1n) is 11.3. The minimum Gasteiger partial charge on any atom is -0.478 e. The van der Waals surface area contributed by atoms with Crippen LogP contribution in [0.3, 0.4) is 0 Å². The average Bonchev–Trinajstić information content (AvgIpc) is 3.29. The minimum absolute atomic E-state index is 0.00827. The molecule has 1 fully saturated rings. The second kappa shape index (κ2) is 9.69. The molecule has 170 valence electrons. The number of fused-ring (bicyclic) bond motifs is 1. The minimum atomic E-state index is -0.611. The van der Waals surface area contributed by atoms with E-state index in [9.17, 15) is 9.59 Å². The van der Waals surface area contributed by atoms with Gasteiger partial charge in [-0.1, -0.05) is 26.0 Å². The normalized spacial score (nSPS) is 20.2. The van der Waals surface area contributed by atoms with Crippen molar-refractivity contribution < 1.29 is 19.1 Å². The molecule has 4 rings (SSSR count). The second-order valence-electron chi connectivity index (χ2n) is 8.91. The van der Waals surface area contributed by atoms with Gasteiger partial charge in [0.1, 0.15) is 12.3 Å². The Labute approximate surface area is 189 Å². The van der Waals surface area contributed by atoms with Gasteiger partial charge in [-0.15, -0.1) is 0 Å². The Morgan fingerprint density at radius 2 is 2.12 bits per heavy atom. The van der Waals surface area contributed by atoms with Gasteiger partial charge >= 0.3 is 0 Å². The summed E-state index contributed by atoms with van der Waals surface area (Å²) in [6.07, 6.45) is 3.06. The Balaban J connectivity index is 1.59. The molecule has 2 aliphatic rings. The molecule has 2 aliphatic heterocycles. The summed E-state index contributed by atoms with van der Waals surface area (Å²) < 4.78 is 11.8. The van der Waals surface area contributed by atoms with E-state index in [-0.39, 0.29) is 30.4 Å². The molecule has 0 bridgehead atoms. The number of aryl methyl sites for hydroxylation is 1. The summed E-state index contributed by atoms with van der Waals surface area (Å²) in [6, 6.07) is 11.4. The lowest BCUT2D eigenvalue weighted by Crippen LogP contribution is -2.52. The van der Waals surface area contributed by atoms with E-state index in [4.69, 9.17) is 9.47 Å². The predicted octanol–water partition coefficient (Wildman–Crippen LogP) is 3.35. The topological polar surface area (TPSA) is 72.0 Å². The van der Waals surface area contributed by atoms with Crippen molar-refractivity contribution in [3.05, 3.63) is 53.9 Å². The smallest absolute Gasteiger partial charge is 0.268 e. The van der Waals surface area contributed by atoms with Crippen molar-refractivity contribution in [1.29, 1.82) is 0 Å². The van der Waals surface area contributed by atoms with Crippen molar-refractivity contribution in [1.82, 2.24) is 9.88 Å². The zero-order chi connectivity index (χ0) is 22.7. The maximum Gasteiger partial charge on any atom is 0.268 e. The number of pyridine rings is 1. The van der Waals surface area contributed by atoms with Crippen molar-refractivity contribution in [3.63, 3.8) is 0 Å². The second-order valence-corrected chi connectivity index (χ2v) is 8.91. The summed E-state index contributed by atoms with van der Waals surface area (Å²) in [4.78, 5) is 34.6. The lowest BCUT2D eigenvalue weighted by molar-refractivity contribution is -0.135. The number of nitrogens with zero attached hydrogens (tertiary/aromatic N) is 3. The molecule has 7 nitrogen and oxygen atoms in total. The molecular weight excluding hydrogens is 406 g/mol. The van der Waals surface area contributed by atoms with Gasteiger partial charge in [-0.25, -0.2) is 0 Å². The first kappa shape index (κ1) is 22.3. The van der Waals surface area contributed by atoms with E-state index in [2.05, 4.69) is 4.98 Å². The van der Waals surface area contributed by atoms with Crippen molar-refractivity contribution >= 4 is 17.5 Å². The van der Waals surface area contributed by atoms with Crippen LogP contribution in [0.25, 0.3) is 0 Å². The van der Waals surface area contributed by atoms with Crippen LogP contribution in [0.5, 0.6) is 5.75 Å². The molecule has 1 saturated heterocycles. The van der Waals surface area contributed by atoms with Crippen LogP contribution in [-0.2, 0) is 20.9 Å². The highest BCUT2D eigenvalue weighted by Gasteiger charge is 2.38. The van der Waals surface area contributed by atoms with Gasteiger partial charge in [-0.2, -0.15) is 0 Å².